The van der Waals surface area contributed by atoms with E-state index in [-0.39, 0.29) is 0 Å². The fraction of sp³-hybridized carbons (Fsp3) is 0.133. The lowest BCUT2D eigenvalue weighted by molar-refractivity contribution is 0.415. The van der Waals surface area contributed by atoms with Crippen molar-refractivity contribution >= 4 is 27.6 Å². The molecule has 4 aromatic rings. The summed E-state index contributed by atoms with van der Waals surface area (Å²) in [4.78, 5) is 11.0. The molecular weight excluding hydrogens is 316 g/mol. The average Bonchev–Trinajstić information content (AvgIpc) is 3.25. The highest BCUT2D eigenvalue weighted by Gasteiger charge is 2.15. The average molecular weight is 328 g/mol. The maximum atomic E-state index is 5.19. The fourth-order valence-corrected chi connectivity index (χ4v) is 4.16. The minimum absolute atomic E-state index is 0.849. The van der Waals surface area contributed by atoms with Gasteiger partial charge in [0.1, 0.15) is 17.1 Å². The van der Waals surface area contributed by atoms with Crippen molar-refractivity contribution in [1.82, 2.24) is 19.6 Å². The summed E-state index contributed by atoms with van der Waals surface area (Å²) >= 11 is 3.25. The van der Waals surface area contributed by atoms with E-state index in [4.69, 9.17) is 9.72 Å². The number of fused-ring (bicyclic) bond motifs is 1. The number of nitrogens with zero attached hydrogens (tertiary/aromatic N) is 4. The van der Waals surface area contributed by atoms with Crippen LogP contribution in [0.1, 0.15) is 5.69 Å². The molecule has 0 aliphatic heterocycles. The van der Waals surface area contributed by atoms with Crippen molar-refractivity contribution in [3.05, 3.63) is 41.7 Å². The molecule has 0 aliphatic carbocycles. The van der Waals surface area contributed by atoms with Crippen LogP contribution < -0.4 is 4.74 Å². The molecule has 4 rings (SSSR count). The summed E-state index contributed by atoms with van der Waals surface area (Å²) in [6.45, 7) is 2.04. The zero-order valence-corrected chi connectivity index (χ0v) is 13.6. The van der Waals surface area contributed by atoms with Crippen LogP contribution in [0.3, 0.4) is 0 Å². The van der Waals surface area contributed by atoms with E-state index in [1.165, 1.54) is 0 Å². The third-order valence-electron chi connectivity index (χ3n) is 3.43. The van der Waals surface area contributed by atoms with Crippen molar-refractivity contribution in [1.29, 1.82) is 0 Å². The number of benzene rings is 1. The van der Waals surface area contributed by atoms with Crippen molar-refractivity contribution in [2.45, 2.75) is 6.92 Å². The molecule has 7 heteroatoms. The van der Waals surface area contributed by atoms with Gasteiger partial charge in [0.2, 0.25) is 4.96 Å². The van der Waals surface area contributed by atoms with Crippen LogP contribution in [0.25, 0.3) is 26.1 Å². The Balaban J connectivity index is 1.73. The summed E-state index contributed by atoms with van der Waals surface area (Å²) in [5, 5.41) is 7.30. The second-order valence-corrected chi connectivity index (χ2v) is 6.57. The Hall–Kier alpha value is -2.25. The first-order chi connectivity index (χ1) is 10.8. The molecule has 0 spiro atoms. The predicted octanol–water partition coefficient (Wildman–Crippen LogP) is 3.90. The maximum absolute atomic E-state index is 5.19. The smallest absolute Gasteiger partial charge is 0.212 e. The second kappa shape index (κ2) is 5.19. The SMILES string of the molecule is COc1ccc(-c2nc(-c3sc4ncnn4c3C)cs2)cc1. The number of thiazole rings is 2. The van der Waals surface area contributed by atoms with E-state index in [0.29, 0.717) is 0 Å². The highest BCUT2D eigenvalue weighted by atomic mass is 32.1. The van der Waals surface area contributed by atoms with E-state index in [1.807, 2.05) is 35.7 Å². The summed E-state index contributed by atoms with van der Waals surface area (Å²) in [5.74, 6) is 0.849. The van der Waals surface area contributed by atoms with Gasteiger partial charge in [-0.2, -0.15) is 5.10 Å². The highest BCUT2D eigenvalue weighted by Crippen LogP contribution is 2.35. The summed E-state index contributed by atoms with van der Waals surface area (Å²) in [6.07, 6.45) is 1.58. The Morgan fingerprint density at radius 3 is 2.73 bits per heavy atom. The Morgan fingerprint density at radius 2 is 2.00 bits per heavy atom. The van der Waals surface area contributed by atoms with Gasteiger partial charge in [0, 0.05) is 10.9 Å². The molecule has 0 saturated heterocycles. The zero-order chi connectivity index (χ0) is 15.1. The van der Waals surface area contributed by atoms with Crippen LogP contribution in [0.5, 0.6) is 5.75 Å². The Morgan fingerprint density at radius 1 is 1.18 bits per heavy atom. The van der Waals surface area contributed by atoms with Crippen molar-refractivity contribution in [3.8, 4) is 26.9 Å². The molecule has 0 radical (unpaired) electrons. The first kappa shape index (κ1) is 13.4. The zero-order valence-electron chi connectivity index (χ0n) is 12.0. The van der Waals surface area contributed by atoms with Gasteiger partial charge in [-0.1, -0.05) is 11.3 Å². The molecule has 0 bridgehead atoms. The molecule has 3 heterocycles. The standard InChI is InChI=1S/C15H12N4OS2/c1-9-13(22-15-16-8-17-19(9)15)12-7-21-14(18-12)10-3-5-11(20-2)6-4-10/h3-8H,1-2H3. The molecule has 0 fully saturated rings. The van der Waals surface area contributed by atoms with E-state index >= 15 is 0 Å². The molecule has 5 nitrogen and oxygen atoms in total. The topological polar surface area (TPSA) is 52.3 Å². The number of hydrogen-bond acceptors (Lipinski definition) is 6. The molecule has 0 atom stereocenters. The summed E-state index contributed by atoms with van der Waals surface area (Å²) in [7, 11) is 1.67. The molecule has 0 unspecified atom stereocenters. The van der Waals surface area contributed by atoms with E-state index < -0.39 is 0 Å². The van der Waals surface area contributed by atoms with Crippen LogP contribution in [0, 0.1) is 6.92 Å². The lowest BCUT2D eigenvalue weighted by atomic mass is 10.2. The monoisotopic (exact) mass is 328 g/mol. The molecule has 1 aromatic carbocycles. The molecule has 0 aliphatic rings. The number of aromatic nitrogens is 4. The number of methoxy groups -OCH3 is 1. The molecule has 22 heavy (non-hydrogen) atoms. The third kappa shape index (κ3) is 2.10. The third-order valence-corrected chi connectivity index (χ3v) is 5.49. The molecule has 0 N–H and O–H groups in total. The van der Waals surface area contributed by atoms with Gasteiger partial charge in [-0.15, -0.1) is 11.3 Å². The molecular formula is C15H12N4OS2. The van der Waals surface area contributed by atoms with Crippen LogP contribution in [0.15, 0.2) is 36.0 Å². The van der Waals surface area contributed by atoms with Crippen LogP contribution in [0.4, 0.5) is 0 Å². The Bertz CT molecular complexity index is 936. The van der Waals surface area contributed by atoms with Crippen molar-refractivity contribution in [3.63, 3.8) is 0 Å². The lowest BCUT2D eigenvalue weighted by Gasteiger charge is -2.00. The van der Waals surface area contributed by atoms with Gasteiger partial charge in [-0.3, -0.25) is 0 Å². The van der Waals surface area contributed by atoms with Gasteiger partial charge in [-0.05, 0) is 31.2 Å². The molecule has 0 amide bonds. The van der Waals surface area contributed by atoms with E-state index in [0.717, 1.165) is 37.5 Å². The Kier molecular flexibility index (Phi) is 3.16. The first-order valence-electron chi connectivity index (χ1n) is 6.65. The summed E-state index contributed by atoms with van der Waals surface area (Å²) in [6, 6.07) is 7.95. The highest BCUT2D eigenvalue weighted by molar-refractivity contribution is 7.21. The normalized spacial score (nSPS) is 11.2. The minimum atomic E-state index is 0.849. The number of rotatable bonds is 3. The van der Waals surface area contributed by atoms with Crippen LogP contribution in [0.2, 0.25) is 0 Å². The lowest BCUT2D eigenvalue weighted by Crippen LogP contribution is -1.87. The number of hydrogen-bond donors (Lipinski definition) is 0. The van der Waals surface area contributed by atoms with Crippen molar-refractivity contribution in [2.24, 2.45) is 0 Å². The first-order valence-corrected chi connectivity index (χ1v) is 8.35. The van der Waals surface area contributed by atoms with Crippen molar-refractivity contribution < 1.29 is 4.74 Å². The largest absolute Gasteiger partial charge is 0.497 e. The van der Waals surface area contributed by atoms with Gasteiger partial charge in [-0.25, -0.2) is 14.5 Å². The van der Waals surface area contributed by atoms with E-state index in [1.54, 1.807) is 36.1 Å². The minimum Gasteiger partial charge on any atom is -0.497 e. The predicted molar refractivity (Wildman–Crippen MR) is 88.7 cm³/mol. The second-order valence-electron chi connectivity index (χ2n) is 4.74. The van der Waals surface area contributed by atoms with Gasteiger partial charge >= 0.3 is 0 Å². The maximum Gasteiger partial charge on any atom is 0.212 e. The van der Waals surface area contributed by atoms with Crippen molar-refractivity contribution in [2.75, 3.05) is 7.11 Å². The van der Waals surface area contributed by atoms with Gasteiger partial charge < -0.3 is 4.74 Å². The molecule has 0 saturated carbocycles. The van der Waals surface area contributed by atoms with E-state index in [9.17, 15) is 0 Å². The van der Waals surface area contributed by atoms with E-state index in [2.05, 4.69) is 15.5 Å². The quantitative estimate of drug-likeness (QED) is 0.572. The number of ether oxygens (including phenoxy) is 1. The van der Waals surface area contributed by atoms with Gasteiger partial charge in [0.25, 0.3) is 0 Å². The number of aryl methyl sites for hydroxylation is 1. The Labute approximate surface area is 134 Å². The van der Waals surface area contributed by atoms with Crippen LogP contribution in [-0.4, -0.2) is 26.7 Å². The van der Waals surface area contributed by atoms with Crippen LogP contribution >= 0.6 is 22.7 Å². The van der Waals surface area contributed by atoms with Crippen LogP contribution in [-0.2, 0) is 0 Å². The fourth-order valence-electron chi connectivity index (χ4n) is 2.27. The summed E-state index contributed by atoms with van der Waals surface area (Å²) < 4.78 is 7.04. The van der Waals surface area contributed by atoms with Gasteiger partial charge in [0.05, 0.1) is 23.4 Å². The molecule has 3 aromatic heterocycles. The summed E-state index contributed by atoms with van der Waals surface area (Å²) in [5.41, 5.74) is 3.14. The van der Waals surface area contributed by atoms with Gasteiger partial charge in [0.15, 0.2) is 0 Å². The molecule has 110 valence electrons.